The van der Waals surface area contributed by atoms with Gasteiger partial charge in [0.1, 0.15) is 5.25 Å². The molecule has 1 N–H and O–H groups in total. The van der Waals surface area contributed by atoms with Gasteiger partial charge in [0.15, 0.2) is 0 Å². The van der Waals surface area contributed by atoms with Gasteiger partial charge in [-0.1, -0.05) is 48.5 Å². The van der Waals surface area contributed by atoms with Gasteiger partial charge in [-0.15, -0.1) is 23.1 Å². The molecule has 156 valence electrons. The van der Waals surface area contributed by atoms with Crippen LogP contribution in [-0.4, -0.2) is 22.4 Å². The Morgan fingerprint density at radius 2 is 1.68 bits per heavy atom. The van der Waals surface area contributed by atoms with Crippen LogP contribution in [0.1, 0.15) is 22.2 Å². The molecule has 0 aliphatic rings. The van der Waals surface area contributed by atoms with Crippen molar-refractivity contribution >= 4 is 29.0 Å². The minimum absolute atomic E-state index is 0.0386. The maximum atomic E-state index is 13.0. The lowest BCUT2D eigenvalue weighted by Crippen LogP contribution is -2.29. The summed E-state index contributed by atoms with van der Waals surface area (Å²) in [6, 6.07) is 23.9. The lowest BCUT2D eigenvalue weighted by Gasteiger charge is -2.17. The number of amides is 1. The van der Waals surface area contributed by atoms with Gasteiger partial charge in [-0.3, -0.25) is 9.78 Å². The molecule has 0 bridgehead atoms. The van der Waals surface area contributed by atoms with E-state index in [1.54, 1.807) is 35.5 Å². The molecule has 4 nitrogen and oxygen atoms in total. The molecular weight excluding hydrogens is 422 g/mol. The van der Waals surface area contributed by atoms with E-state index in [4.69, 9.17) is 4.98 Å². The number of nitrogens with one attached hydrogen (secondary N) is 1. The Morgan fingerprint density at radius 3 is 2.42 bits per heavy atom. The van der Waals surface area contributed by atoms with E-state index in [-0.39, 0.29) is 11.2 Å². The summed E-state index contributed by atoms with van der Waals surface area (Å²) in [6.07, 6.45) is 5.26. The highest BCUT2D eigenvalue weighted by molar-refractivity contribution is 8.00. The predicted molar refractivity (Wildman–Crippen MR) is 128 cm³/mol. The van der Waals surface area contributed by atoms with Gasteiger partial charge in [-0.05, 0) is 36.2 Å². The van der Waals surface area contributed by atoms with Gasteiger partial charge < -0.3 is 5.32 Å². The number of hydrogen-bond donors (Lipinski definition) is 1. The van der Waals surface area contributed by atoms with E-state index in [0.717, 1.165) is 39.6 Å². The number of rotatable bonds is 9. The largest absolute Gasteiger partial charge is 0.355 e. The van der Waals surface area contributed by atoms with Gasteiger partial charge in [-0.25, -0.2) is 4.98 Å². The number of aryl methyl sites for hydroxylation is 1. The van der Waals surface area contributed by atoms with Crippen molar-refractivity contribution in [2.45, 2.75) is 23.0 Å². The average Bonchev–Trinajstić information content (AvgIpc) is 3.31. The minimum atomic E-state index is -0.276. The second-order valence-electron chi connectivity index (χ2n) is 6.98. The van der Waals surface area contributed by atoms with Crippen LogP contribution in [0.5, 0.6) is 0 Å². The van der Waals surface area contributed by atoms with Crippen molar-refractivity contribution in [2.75, 3.05) is 6.54 Å². The fourth-order valence-electron chi connectivity index (χ4n) is 3.16. The number of nitrogens with zero attached hydrogens (tertiary/aromatic N) is 2. The van der Waals surface area contributed by atoms with E-state index in [2.05, 4.69) is 15.7 Å². The first kappa shape index (κ1) is 21.3. The predicted octanol–water partition coefficient (Wildman–Crippen LogP) is 5.79. The van der Waals surface area contributed by atoms with Crippen LogP contribution in [0.15, 0.2) is 95.5 Å². The van der Waals surface area contributed by atoms with Gasteiger partial charge in [0.2, 0.25) is 5.91 Å². The SMILES string of the molecule is O=C(NCCCc1nc(-c2ccncc2)cs1)C(Sc1ccccc1)c1ccccc1. The first-order chi connectivity index (χ1) is 15.3. The third-order valence-corrected chi connectivity index (χ3v) is 6.91. The van der Waals surface area contributed by atoms with Gasteiger partial charge in [-0.2, -0.15) is 0 Å². The number of carbonyl (C=O) groups is 1. The number of benzene rings is 2. The van der Waals surface area contributed by atoms with Crippen molar-refractivity contribution in [2.24, 2.45) is 0 Å². The van der Waals surface area contributed by atoms with Crippen molar-refractivity contribution < 1.29 is 4.79 Å². The fourth-order valence-corrected chi connectivity index (χ4v) is 5.08. The first-order valence-corrected chi connectivity index (χ1v) is 11.9. The molecule has 0 saturated heterocycles. The Kier molecular flexibility index (Phi) is 7.47. The van der Waals surface area contributed by atoms with Crippen LogP contribution in [0.3, 0.4) is 0 Å². The molecular formula is C25H23N3OS2. The zero-order valence-electron chi connectivity index (χ0n) is 17.0. The second kappa shape index (κ2) is 10.9. The summed E-state index contributed by atoms with van der Waals surface area (Å²) < 4.78 is 0. The Morgan fingerprint density at radius 1 is 0.968 bits per heavy atom. The quantitative estimate of drug-likeness (QED) is 0.262. The van der Waals surface area contributed by atoms with Crippen LogP contribution < -0.4 is 5.32 Å². The highest BCUT2D eigenvalue weighted by Gasteiger charge is 2.21. The number of thioether (sulfide) groups is 1. The molecule has 0 aliphatic carbocycles. The molecule has 0 aliphatic heterocycles. The third-order valence-electron chi connectivity index (χ3n) is 4.73. The van der Waals surface area contributed by atoms with Gasteiger partial charge in [0.25, 0.3) is 0 Å². The molecule has 1 atom stereocenters. The molecule has 0 saturated carbocycles. The molecule has 2 heterocycles. The summed E-state index contributed by atoms with van der Waals surface area (Å²) in [4.78, 5) is 22.8. The molecule has 0 radical (unpaired) electrons. The summed E-state index contributed by atoms with van der Waals surface area (Å²) in [5, 5.41) is 6.00. The summed E-state index contributed by atoms with van der Waals surface area (Å²) in [5.74, 6) is 0.0386. The number of carbonyl (C=O) groups excluding carboxylic acids is 1. The topological polar surface area (TPSA) is 54.9 Å². The Balaban J connectivity index is 1.32. The maximum Gasteiger partial charge on any atom is 0.237 e. The standard InChI is InChI=1S/C25H23N3OS2/c29-25(24(20-8-3-1-4-9-20)31-21-10-5-2-6-11-21)27-15-7-12-23-28-22(18-30-23)19-13-16-26-17-14-19/h1-6,8-11,13-14,16-18,24H,7,12,15H2,(H,27,29). The first-order valence-electron chi connectivity index (χ1n) is 10.2. The van der Waals surface area contributed by atoms with Crippen LogP contribution in [0, 0.1) is 0 Å². The van der Waals surface area contributed by atoms with E-state index >= 15 is 0 Å². The van der Waals surface area contributed by atoms with Gasteiger partial charge in [0.05, 0.1) is 10.7 Å². The lowest BCUT2D eigenvalue weighted by atomic mass is 10.1. The molecule has 0 fully saturated rings. The van der Waals surface area contributed by atoms with Crippen molar-refractivity contribution in [3.05, 3.63) is 101 Å². The van der Waals surface area contributed by atoms with E-state index in [0.29, 0.717) is 6.54 Å². The Bertz CT molecular complexity index is 1090. The third kappa shape index (κ3) is 6.03. The summed E-state index contributed by atoms with van der Waals surface area (Å²) >= 11 is 3.24. The van der Waals surface area contributed by atoms with E-state index in [1.165, 1.54) is 0 Å². The second-order valence-corrected chi connectivity index (χ2v) is 9.10. The zero-order chi connectivity index (χ0) is 21.3. The number of aromatic nitrogens is 2. The smallest absolute Gasteiger partial charge is 0.237 e. The number of thiazole rings is 1. The van der Waals surface area contributed by atoms with Crippen molar-refractivity contribution in [1.82, 2.24) is 15.3 Å². The molecule has 0 spiro atoms. The molecule has 2 aromatic carbocycles. The Labute approximate surface area is 190 Å². The van der Waals surface area contributed by atoms with Gasteiger partial charge >= 0.3 is 0 Å². The van der Waals surface area contributed by atoms with Crippen molar-refractivity contribution in [3.63, 3.8) is 0 Å². The fraction of sp³-hybridized carbons (Fsp3) is 0.160. The van der Waals surface area contributed by atoms with Crippen LogP contribution in [-0.2, 0) is 11.2 Å². The maximum absolute atomic E-state index is 13.0. The number of hydrogen-bond acceptors (Lipinski definition) is 5. The van der Waals surface area contributed by atoms with Crippen molar-refractivity contribution in [1.29, 1.82) is 0 Å². The van der Waals surface area contributed by atoms with Crippen LogP contribution in [0.2, 0.25) is 0 Å². The highest BCUT2D eigenvalue weighted by atomic mass is 32.2. The van der Waals surface area contributed by atoms with Crippen LogP contribution in [0.25, 0.3) is 11.3 Å². The summed E-state index contributed by atoms with van der Waals surface area (Å²) in [7, 11) is 0. The summed E-state index contributed by atoms with van der Waals surface area (Å²) in [6.45, 7) is 0.627. The summed E-state index contributed by atoms with van der Waals surface area (Å²) in [5.41, 5.74) is 3.07. The van der Waals surface area contributed by atoms with Crippen LogP contribution >= 0.6 is 23.1 Å². The zero-order valence-corrected chi connectivity index (χ0v) is 18.6. The molecule has 4 aromatic rings. The highest BCUT2D eigenvalue weighted by Crippen LogP contribution is 2.35. The molecule has 2 aromatic heterocycles. The lowest BCUT2D eigenvalue weighted by molar-refractivity contribution is -0.120. The minimum Gasteiger partial charge on any atom is -0.355 e. The Hall–Kier alpha value is -2.96. The molecule has 1 amide bonds. The van der Waals surface area contributed by atoms with E-state index < -0.39 is 0 Å². The molecule has 1 unspecified atom stereocenters. The average molecular weight is 446 g/mol. The number of pyridine rings is 1. The van der Waals surface area contributed by atoms with E-state index in [9.17, 15) is 4.79 Å². The molecule has 31 heavy (non-hydrogen) atoms. The van der Waals surface area contributed by atoms with Gasteiger partial charge in [0, 0.05) is 41.2 Å². The normalized spacial score (nSPS) is 11.7. The monoisotopic (exact) mass is 445 g/mol. The van der Waals surface area contributed by atoms with E-state index in [1.807, 2.05) is 72.8 Å². The van der Waals surface area contributed by atoms with Crippen LogP contribution in [0.4, 0.5) is 0 Å². The van der Waals surface area contributed by atoms with Crippen molar-refractivity contribution in [3.8, 4) is 11.3 Å². The molecule has 6 heteroatoms. The molecule has 4 rings (SSSR count).